The Morgan fingerprint density at radius 2 is 2.10 bits per heavy atom. The Kier molecular flexibility index (Phi) is 3.36. The quantitative estimate of drug-likeness (QED) is 0.681. The highest BCUT2D eigenvalue weighted by molar-refractivity contribution is 9.10. The number of fused-ring (bicyclic) bond motifs is 1. The number of hydrogen-bond donors (Lipinski definition) is 3. The molecule has 1 heterocycles. The Bertz CT molecular complexity index is 767. The molecule has 0 bridgehead atoms. The van der Waals surface area contributed by atoms with Crippen molar-refractivity contribution in [2.24, 2.45) is 0 Å². The molecule has 0 aliphatic carbocycles. The van der Waals surface area contributed by atoms with Crippen molar-refractivity contribution in [2.75, 3.05) is 5.32 Å². The van der Waals surface area contributed by atoms with Gasteiger partial charge in [-0.2, -0.15) is 0 Å². The van der Waals surface area contributed by atoms with E-state index < -0.39 is 0 Å². The molecule has 3 rings (SSSR count). The Morgan fingerprint density at radius 1 is 1.25 bits per heavy atom. The normalized spacial score (nSPS) is 10.9. The molecule has 102 valence electrons. The lowest BCUT2D eigenvalue weighted by molar-refractivity contribution is 0.469. The van der Waals surface area contributed by atoms with Crippen LogP contribution in [-0.4, -0.2) is 15.1 Å². The lowest BCUT2D eigenvalue weighted by Gasteiger charge is -2.08. The molecule has 0 aliphatic rings. The van der Waals surface area contributed by atoms with Crippen LogP contribution in [0.25, 0.3) is 11.0 Å². The number of imidazole rings is 1. The van der Waals surface area contributed by atoms with Gasteiger partial charge in [0.15, 0.2) is 0 Å². The van der Waals surface area contributed by atoms with Crippen LogP contribution >= 0.6 is 15.9 Å². The highest BCUT2D eigenvalue weighted by Gasteiger charge is 2.04. The summed E-state index contributed by atoms with van der Waals surface area (Å²) in [5.41, 5.74) is 3.80. The van der Waals surface area contributed by atoms with E-state index in [9.17, 15) is 5.11 Å². The first kappa shape index (κ1) is 13.0. The molecule has 0 atom stereocenters. The Labute approximate surface area is 125 Å². The van der Waals surface area contributed by atoms with E-state index in [4.69, 9.17) is 0 Å². The number of phenolic OH excluding ortho intramolecular Hbond substituents is 1. The van der Waals surface area contributed by atoms with Gasteiger partial charge in [0.2, 0.25) is 0 Å². The third kappa shape index (κ3) is 2.63. The second-order valence-electron chi connectivity index (χ2n) is 4.68. The summed E-state index contributed by atoms with van der Waals surface area (Å²) in [4.78, 5) is 7.58. The number of aromatic hydroxyl groups is 1. The molecule has 0 spiro atoms. The molecule has 4 nitrogen and oxygen atoms in total. The molecule has 0 unspecified atom stereocenters. The number of anilines is 1. The van der Waals surface area contributed by atoms with Crippen LogP contribution in [0.5, 0.6) is 5.75 Å². The molecule has 0 saturated carbocycles. The van der Waals surface area contributed by atoms with Gasteiger partial charge in [-0.25, -0.2) is 4.98 Å². The van der Waals surface area contributed by atoms with Crippen molar-refractivity contribution < 1.29 is 5.11 Å². The monoisotopic (exact) mass is 331 g/mol. The average Bonchev–Trinajstić information content (AvgIpc) is 2.79. The molecule has 3 aromatic rings. The number of aromatic nitrogens is 2. The number of phenols is 1. The topological polar surface area (TPSA) is 60.9 Å². The zero-order chi connectivity index (χ0) is 14.1. The van der Waals surface area contributed by atoms with E-state index in [1.54, 1.807) is 6.07 Å². The number of benzene rings is 2. The molecule has 0 radical (unpaired) electrons. The van der Waals surface area contributed by atoms with Crippen LogP contribution in [0, 0.1) is 6.92 Å². The Morgan fingerprint density at radius 3 is 2.95 bits per heavy atom. The third-order valence-corrected chi connectivity index (χ3v) is 3.62. The van der Waals surface area contributed by atoms with Crippen LogP contribution < -0.4 is 5.32 Å². The standard InChI is InChI=1S/C15H14BrN3O/c1-9-18-13-4-3-12(7-14(13)19-9)17-8-10-6-11(16)2-5-15(10)20/h2-7,17,20H,8H2,1H3,(H,18,19). The number of nitrogens with one attached hydrogen (secondary N) is 2. The molecule has 0 fully saturated rings. The number of aryl methyl sites for hydroxylation is 1. The fourth-order valence-electron chi connectivity index (χ4n) is 2.14. The summed E-state index contributed by atoms with van der Waals surface area (Å²) in [6.45, 7) is 2.50. The summed E-state index contributed by atoms with van der Waals surface area (Å²) >= 11 is 3.41. The maximum absolute atomic E-state index is 9.81. The first-order valence-corrected chi connectivity index (χ1v) is 7.09. The van der Waals surface area contributed by atoms with Crippen molar-refractivity contribution in [3.63, 3.8) is 0 Å². The van der Waals surface area contributed by atoms with E-state index in [1.807, 2.05) is 37.3 Å². The molecule has 1 aromatic heterocycles. The summed E-state index contributed by atoms with van der Waals surface area (Å²) in [7, 11) is 0. The van der Waals surface area contributed by atoms with E-state index in [1.165, 1.54) is 0 Å². The minimum absolute atomic E-state index is 0.291. The van der Waals surface area contributed by atoms with Crippen LogP contribution in [0.4, 0.5) is 5.69 Å². The highest BCUT2D eigenvalue weighted by atomic mass is 79.9. The summed E-state index contributed by atoms with van der Waals surface area (Å²) in [6, 6.07) is 11.4. The van der Waals surface area contributed by atoms with E-state index in [0.29, 0.717) is 12.3 Å². The lowest BCUT2D eigenvalue weighted by atomic mass is 10.2. The number of H-pyrrole nitrogens is 1. The van der Waals surface area contributed by atoms with E-state index in [2.05, 4.69) is 31.2 Å². The molecule has 0 amide bonds. The van der Waals surface area contributed by atoms with Gasteiger partial charge in [-0.15, -0.1) is 0 Å². The van der Waals surface area contributed by atoms with Gasteiger partial charge in [-0.05, 0) is 43.3 Å². The molecule has 2 aromatic carbocycles. The van der Waals surface area contributed by atoms with E-state index in [-0.39, 0.29) is 0 Å². The minimum Gasteiger partial charge on any atom is -0.508 e. The van der Waals surface area contributed by atoms with Crippen LogP contribution in [0.15, 0.2) is 40.9 Å². The maximum Gasteiger partial charge on any atom is 0.120 e. The van der Waals surface area contributed by atoms with Gasteiger partial charge in [0.25, 0.3) is 0 Å². The van der Waals surface area contributed by atoms with Crippen molar-refractivity contribution in [1.82, 2.24) is 9.97 Å². The molecule has 3 N–H and O–H groups in total. The number of nitrogens with zero attached hydrogens (tertiary/aromatic N) is 1. The Hall–Kier alpha value is -2.01. The molecule has 0 saturated heterocycles. The zero-order valence-corrected chi connectivity index (χ0v) is 12.5. The van der Waals surface area contributed by atoms with Crippen LogP contribution in [0.3, 0.4) is 0 Å². The summed E-state index contributed by atoms with van der Waals surface area (Å²) in [5.74, 6) is 1.20. The number of halogens is 1. The predicted octanol–water partition coefficient (Wildman–Crippen LogP) is 3.95. The first-order valence-electron chi connectivity index (χ1n) is 6.29. The van der Waals surface area contributed by atoms with Gasteiger partial charge in [-0.3, -0.25) is 0 Å². The molecule has 5 heteroatoms. The number of rotatable bonds is 3. The van der Waals surface area contributed by atoms with Crippen molar-refractivity contribution in [3.05, 3.63) is 52.3 Å². The first-order chi connectivity index (χ1) is 9.61. The van der Waals surface area contributed by atoms with Gasteiger partial charge < -0.3 is 15.4 Å². The van der Waals surface area contributed by atoms with Gasteiger partial charge in [0.05, 0.1) is 11.0 Å². The largest absolute Gasteiger partial charge is 0.508 e. The van der Waals surface area contributed by atoms with Crippen molar-refractivity contribution in [3.8, 4) is 5.75 Å². The second-order valence-corrected chi connectivity index (χ2v) is 5.60. The predicted molar refractivity (Wildman–Crippen MR) is 84.0 cm³/mol. The Balaban J connectivity index is 1.80. The van der Waals surface area contributed by atoms with Crippen molar-refractivity contribution in [1.29, 1.82) is 0 Å². The summed E-state index contributed by atoms with van der Waals surface area (Å²) in [6.07, 6.45) is 0. The molecular formula is C15H14BrN3O. The van der Waals surface area contributed by atoms with Crippen molar-refractivity contribution >= 4 is 32.7 Å². The SMILES string of the molecule is Cc1nc2ccc(NCc3cc(Br)ccc3O)cc2[nH]1. The fraction of sp³-hybridized carbons (Fsp3) is 0.133. The second kappa shape index (κ2) is 5.17. The molecule has 0 aliphatic heterocycles. The zero-order valence-electron chi connectivity index (χ0n) is 10.9. The number of hydrogen-bond acceptors (Lipinski definition) is 3. The number of aromatic amines is 1. The van der Waals surface area contributed by atoms with E-state index in [0.717, 1.165) is 32.6 Å². The highest BCUT2D eigenvalue weighted by Crippen LogP contribution is 2.23. The summed E-state index contributed by atoms with van der Waals surface area (Å²) in [5, 5.41) is 13.1. The van der Waals surface area contributed by atoms with Gasteiger partial charge in [0.1, 0.15) is 11.6 Å². The van der Waals surface area contributed by atoms with Crippen LogP contribution in [0.1, 0.15) is 11.4 Å². The minimum atomic E-state index is 0.291. The smallest absolute Gasteiger partial charge is 0.120 e. The van der Waals surface area contributed by atoms with Crippen LogP contribution in [-0.2, 0) is 6.54 Å². The lowest BCUT2D eigenvalue weighted by Crippen LogP contribution is -1.99. The van der Waals surface area contributed by atoms with Crippen LogP contribution in [0.2, 0.25) is 0 Å². The average molecular weight is 332 g/mol. The fourth-order valence-corrected chi connectivity index (χ4v) is 2.55. The third-order valence-electron chi connectivity index (χ3n) is 3.12. The van der Waals surface area contributed by atoms with Gasteiger partial charge >= 0.3 is 0 Å². The van der Waals surface area contributed by atoms with Gasteiger partial charge in [0, 0.05) is 22.3 Å². The van der Waals surface area contributed by atoms with Crippen molar-refractivity contribution in [2.45, 2.75) is 13.5 Å². The summed E-state index contributed by atoms with van der Waals surface area (Å²) < 4.78 is 0.951. The maximum atomic E-state index is 9.81. The van der Waals surface area contributed by atoms with Gasteiger partial charge in [-0.1, -0.05) is 15.9 Å². The van der Waals surface area contributed by atoms with E-state index >= 15 is 0 Å². The molecular weight excluding hydrogens is 318 g/mol. The molecule has 20 heavy (non-hydrogen) atoms.